The van der Waals surface area contributed by atoms with Crippen molar-refractivity contribution in [1.29, 1.82) is 0 Å². The first-order valence-electron chi connectivity index (χ1n) is 5.92. The van der Waals surface area contributed by atoms with E-state index in [4.69, 9.17) is 13.1 Å². The number of hydrogen-bond acceptors (Lipinski definition) is 4. The number of aliphatic hydroxyl groups is 1. The number of hydrogen-bond donors (Lipinski definition) is 3. The Morgan fingerprint density at radius 1 is 1.33 bits per heavy atom. The molecule has 1 saturated heterocycles. The minimum atomic E-state index is -0.0500. The van der Waals surface area contributed by atoms with Gasteiger partial charge in [0.2, 0.25) is 7.98 Å². The van der Waals surface area contributed by atoms with E-state index in [0.29, 0.717) is 0 Å². The number of nitrogens with one attached hydrogen (secondary N) is 2. The molecule has 1 heterocycles. The van der Waals surface area contributed by atoms with Crippen LogP contribution >= 0.6 is 0 Å². The number of hydrazine groups is 1. The Hall–Kier alpha value is -0.0951. The summed E-state index contributed by atoms with van der Waals surface area (Å²) < 4.78 is 0. The molecule has 3 atom stereocenters. The van der Waals surface area contributed by atoms with Crippen molar-refractivity contribution in [2.45, 2.75) is 38.3 Å². The van der Waals surface area contributed by atoms with E-state index >= 15 is 0 Å². The van der Waals surface area contributed by atoms with Crippen molar-refractivity contribution in [2.24, 2.45) is 11.8 Å². The van der Waals surface area contributed by atoms with Crippen LogP contribution in [0.4, 0.5) is 0 Å². The van der Waals surface area contributed by atoms with E-state index < -0.39 is 0 Å². The molecule has 0 amide bonds. The molecular formula is C10H20BN3O. The summed E-state index contributed by atoms with van der Waals surface area (Å²) in [6.07, 6.45) is 6.72. The second-order valence-corrected chi connectivity index (χ2v) is 4.70. The maximum atomic E-state index is 9.12. The Morgan fingerprint density at radius 3 is 2.73 bits per heavy atom. The molecule has 15 heavy (non-hydrogen) atoms. The molecule has 1 aliphatic heterocycles. The SMILES string of the molecule is [B]NN(CO)C1CC2CCCCC2CN1. The first kappa shape index (κ1) is 11.4. The van der Waals surface area contributed by atoms with Crippen molar-refractivity contribution in [3.8, 4) is 0 Å². The van der Waals surface area contributed by atoms with Crippen LogP contribution in [0.3, 0.4) is 0 Å². The molecule has 3 N–H and O–H groups in total. The van der Waals surface area contributed by atoms with Crippen LogP contribution in [0, 0.1) is 11.8 Å². The van der Waals surface area contributed by atoms with E-state index in [1.54, 1.807) is 5.01 Å². The van der Waals surface area contributed by atoms with Crippen LogP contribution in [0.15, 0.2) is 0 Å². The van der Waals surface area contributed by atoms with Gasteiger partial charge in [0.15, 0.2) is 0 Å². The van der Waals surface area contributed by atoms with Crippen LogP contribution in [-0.2, 0) is 0 Å². The van der Waals surface area contributed by atoms with Crippen molar-refractivity contribution in [2.75, 3.05) is 13.3 Å². The second-order valence-electron chi connectivity index (χ2n) is 4.70. The predicted octanol–water partition coefficient (Wildman–Crippen LogP) is -0.0479. The lowest BCUT2D eigenvalue weighted by molar-refractivity contribution is -0.00650. The molecule has 0 aromatic heterocycles. The molecule has 5 heteroatoms. The summed E-state index contributed by atoms with van der Waals surface area (Å²) in [7, 11) is 5.36. The summed E-state index contributed by atoms with van der Waals surface area (Å²) >= 11 is 0. The fraction of sp³-hybridized carbons (Fsp3) is 1.00. The first-order valence-corrected chi connectivity index (χ1v) is 5.92. The number of piperidine rings is 1. The average molecular weight is 209 g/mol. The smallest absolute Gasteiger partial charge is 0.202 e. The first-order chi connectivity index (χ1) is 7.35. The molecule has 3 unspecified atom stereocenters. The molecule has 0 aromatic rings. The zero-order valence-corrected chi connectivity index (χ0v) is 9.15. The zero-order valence-electron chi connectivity index (χ0n) is 9.15. The van der Waals surface area contributed by atoms with E-state index in [0.717, 1.165) is 24.8 Å². The van der Waals surface area contributed by atoms with E-state index in [1.807, 2.05) is 0 Å². The molecule has 0 bridgehead atoms. The molecule has 2 fully saturated rings. The van der Waals surface area contributed by atoms with Gasteiger partial charge in [0.1, 0.15) is 6.73 Å². The van der Waals surface area contributed by atoms with Crippen molar-refractivity contribution in [3.63, 3.8) is 0 Å². The standard InChI is InChI=1S/C10H20BN3O/c11-13-14(7-15)10-5-8-3-1-2-4-9(8)6-12-10/h8-10,12-13,15H,1-7H2. The van der Waals surface area contributed by atoms with Gasteiger partial charge in [0, 0.05) is 0 Å². The Morgan fingerprint density at radius 2 is 2.07 bits per heavy atom. The highest BCUT2D eigenvalue weighted by Crippen LogP contribution is 2.35. The highest BCUT2D eigenvalue weighted by atomic mass is 16.3. The van der Waals surface area contributed by atoms with Crippen molar-refractivity contribution in [3.05, 3.63) is 0 Å². The second kappa shape index (κ2) is 5.30. The van der Waals surface area contributed by atoms with Gasteiger partial charge < -0.3 is 15.8 Å². The number of rotatable bonds is 3. The fourth-order valence-electron chi connectivity index (χ4n) is 2.99. The van der Waals surface area contributed by atoms with Gasteiger partial charge in [-0.05, 0) is 31.2 Å². The molecule has 84 valence electrons. The van der Waals surface area contributed by atoms with Gasteiger partial charge in [-0.3, -0.25) is 0 Å². The summed E-state index contributed by atoms with van der Waals surface area (Å²) in [5.74, 6) is 1.65. The van der Waals surface area contributed by atoms with E-state index in [-0.39, 0.29) is 12.9 Å². The van der Waals surface area contributed by atoms with Crippen LogP contribution in [0.1, 0.15) is 32.1 Å². The topological polar surface area (TPSA) is 47.5 Å². The highest BCUT2D eigenvalue weighted by Gasteiger charge is 2.33. The van der Waals surface area contributed by atoms with Crippen molar-refractivity contribution in [1.82, 2.24) is 15.7 Å². The average Bonchev–Trinajstić information content (AvgIpc) is 2.30. The molecule has 2 aliphatic rings. The maximum absolute atomic E-state index is 9.12. The largest absolute Gasteiger partial charge is 0.380 e. The Labute approximate surface area is 92.8 Å². The van der Waals surface area contributed by atoms with Crippen molar-refractivity contribution < 1.29 is 5.11 Å². The minimum absolute atomic E-state index is 0.0500. The molecule has 1 aliphatic carbocycles. The highest BCUT2D eigenvalue weighted by molar-refractivity contribution is 6.03. The summed E-state index contributed by atoms with van der Waals surface area (Å²) in [6.45, 7) is 1.01. The van der Waals surface area contributed by atoms with Crippen LogP contribution in [0.2, 0.25) is 0 Å². The van der Waals surface area contributed by atoms with Gasteiger partial charge in [-0.1, -0.05) is 19.3 Å². The summed E-state index contributed by atoms with van der Waals surface area (Å²) in [6, 6.07) is 0. The lowest BCUT2D eigenvalue weighted by Crippen LogP contribution is -2.57. The van der Waals surface area contributed by atoms with Gasteiger partial charge >= 0.3 is 0 Å². The Kier molecular flexibility index (Phi) is 4.02. The third kappa shape index (κ3) is 2.53. The third-order valence-electron chi connectivity index (χ3n) is 3.90. The van der Waals surface area contributed by atoms with Crippen LogP contribution in [0.25, 0.3) is 0 Å². The van der Waals surface area contributed by atoms with Crippen molar-refractivity contribution >= 4 is 7.98 Å². The minimum Gasteiger partial charge on any atom is -0.380 e. The van der Waals surface area contributed by atoms with Gasteiger partial charge in [-0.15, -0.1) is 0 Å². The third-order valence-corrected chi connectivity index (χ3v) is 3.90. The number of fused-ring (bicyclic) bond motifs is 1. The summed E-state index contributed by atoms with van der Waals surface area (Å²) in [4.78, 5) is 0. The molecule has 0 aromatic carbocycles. The number of nitrogens with zero attached hydrogens (tertiary/aromatic N) is 1. The molecule has 1 saturated carbocycles. The Bertz CT molecular complexity index is 201. The summed E-state index contributed by atoms with van der Waals surface area (Å²) in [5, 5.41) is 16.8. The monoisotopic (exact) mass is 209 g/mol. The van der Waals surface area contributed by atoms with E-state index in [2.05, 4.69) is 10.7 Å². The van der Waals surface area contributed by atoms with E-state index in [1.165, 1.54) is 25.7 Å². The lowest BCUT2D eigenvalue weighted by atomic mass is 9.75. The van der Waals surface area contributed by atoms with E-state index in [9.17, 15) is 0 Å². The lowest BCUT2D eigenvalue weighted by Gasteiger charge is -2.43. The normalized spacial score (nSPS) is 36.5. The predicted molar refractivity (Wildman–Crippen MR) is 59.7 cm³/mol. The molecule has 4 nitrogen and oxygen atoms in total. The number of aliphatic hydroxyl groups excluding tert-OH is 1. The quantitative estimate of drug-likeness (QED) is 0.346. The maximum Gasteiger partial charge on any atom is 0.202 e. The van der Waals surface area contributed by atoms with Crippen LogP contribution < -0.4 is 10.7 Å². The Balaban J connectivity index is 1.90. The zero-order chi connectivity index (χ0) is 10.7. The molecule has 2 radical (unpaired) electrons. The van der Waals surface area contributed by atoms with Gasteiger partial charge in [-0.25, -0.2) is 5.01 Å². The molecular weight excluding hydrogens is 189 g/mol. The summed E-state index contributed by atoms with van der Waals surface area (Å²) in [5.41, 5.74) is 0. The molecule has 2 rings (SSSR count). The van der Waals surface area contributed by atoms with Crippen LogP contribution in [-0.4, -0.2) is 37.5 Å². The van der Waals surface area contributed by atoms with Crippen LogP contribution in [0.5, 0.6) is 0 Å². The molecule has 0 spiro atoms. The fourth-order valence-corrected chi connectivity index (χ4v) is 2.99. The van der Waals surface area contributed by atoms with Gasteiger partial charge in [-0.2, -0.15) is 0 Å². The van der Waals surface area contributed by atoms with Gasteiger partial charge in [0.25, 0.3) is 0 Å². The van der Waals surface area contributed by atoms with Gasteiger partial charge in [0.05, 0.1) is 6.17 Å².